The predicted octanol–water partition coefficient (Wildman–Crippen LogP) is 2.48. The van der Waals surface area contributed by atoms with E-state index in [-0.39, 0.29) is 0 Å². The molecule has 0 N–H and O–H groups in total. The number of rotatable bonds is 1. The average molecular weight is 117 g/mol. The van der Waals surface area contributed by atoms with Crippen molar-refractivity contribution in [1.82, 2.24) is 0 Å². The quantitative estimate of drug-likeness (QED) is 0.496. The molecule has 0 atom stereocenters. The van der Waals surface area contributed by atoms with E-state index < -0.39 is 0 Å². The molecule has 0 saturated heterocycles. The standard InChI is InChI=1S/C9H8/c1-2-6-9-7-4-3-5-8-9/h3-8H,1H2/i6D. The van der Waals surface area contributed by atoms with Crippen LogP contribution in [0.5, 0.6) is 0 Å². The normalized spacial score (nSPS) is 9.56. The van der Waals surface area contributed by atoms with Crippen LogP contribution in [0.2, 0.25) is 0 Å². The van der Waals surface area contributed by atoms with Gasteiger partial charge in [-0.05, 0) is 11.6 Å². The van der Waals surface area contributed by atoms with Crippen molar-refractivity contribution in [3.05, 3.63) is 48.2 Å². The van der Waals surface area contributed by atoms with Crippen LogP contribution in [0.4, 0.5) is 0 Å². The fourth-order valence-electron chi connectivity index (χ4n) is 0.624. The van der Waals surface area contributed by atoms with Gasteiger partial charge in [0.05, 0.1) is 1.37 Å². The van der Waals surface area contributed by atoms with E-state index in [1.165, 1.54) is 0 Å². The first-order valence-electron chi connectivity index (χ1n) is 3.26. The van der Waals surface area contributed by atoms with Crippen LogP contribution in [-0.2, 0) is 0 Å². The van der Waals surface area contributed by atoms with Crippen LogP contribution in [0.3, 0.4) is 0 Å². The first kappa shape index (κ1) is 4.60. The Morgan fingerprint density at radius 2 is 2.11 bits per heavy atom. The van der Waals surface area contributed by atoms with Crippen LogP contribution in [0, 0.1) is 0 Å². The molecule has 0 saturated carbocycles. The SMILES string of the molecule is [2H]C(=C=C)c1ccccc1. The Morgan fingerprint density at radius 3 is 2.67 bits per heavy atom. The lowest BCUT2D eigenvalue weighted by Crippen LogP contribution is -1.64. The molecule has 0 aromatic heterocycles. The summed E-state index contributed by atoms with van der Waals surface area (Å²) in [5.41, 5.74) is 3.37. The second kappa shape index (κ2) is 2.91. The van der Waals surface area contributed by atoms with Crippen molar-refractivity contribution in [2.75, 3.05) is 0 Å². The summed E-state index contributed by atoms with van der Waals surface area (Å²) in [6.07, 6.45) is 0. The molecular weight excluding hydrogens is 108 g/mol. The molecule has 0 fully saturated rings. The summed E-state index contributed by atoms with van der Waals surface area (Å²) >= 11 is 0. The van der Waals surface area contributed by atoms with Crippen LogP contribution in [0.1, 0.15) is 6.93 Å². The Hall–Kier alpha value is -1.26. The summed E-state index contributed by atoms with van der Waals surface area (Å²) in [5, 5.41) is 0. The van der Waals surface area contributed by atoms with Crippen LogP contribution < -0.4 is 0 Å². The third-order valence-corrected chi connectivity index (χ3v) is 1.01. The zero-order chi connectivity index (χ0) is 7.40. The van der Waals surface area contributed by atoms with Gasteiger partial charge in [0.1, 0.15) is 0 Å². The van der Waals surface area contributed by atoms with Crippen LogP contribution in [0.25, 0.3) is 6.05 Å². The largest absolute Gasteiger partial charge is 0.128 e. The van der Waals surface area contributed by atoms with Crippen molar-refractivity contribution in [3.63, 3.8) is 0 Å². The van der Waals surface area contributed by atoms with Crippen molar-refractivity contribution in [3.8, 4) is 0 Å². The van der Waals surface area contributed by atoms with E-state index in [1.54, 1.807) is 0 Å². The predicted molar refractivity (Wildman–Crippen MR) is 40.0 cm³/mol. The Balaban J connectivity index is 3.08. The second-order valence-electron chi connectivity index (χ2n) is 1.67. The first-order chi connectivity index (χ1) is 4.84. The molecule has 0 radical (unpaired) electrons. The molecule has 0 heterocycles. The highest BCUT2D eigenvalue weighted by Crippen LogP contribution is 1.98. The van der Waals surface area contributed by atoms with Gasteiger partial charge >= 0.3 is 0 Å². The van der Waals surface area contributed by atoms with Crippen molar-refractivity contribution < 1.29 is 1.37 Å². The molecule has 0 heteroatoms. The summed E-state index contributed by atoms with van der Waals surface area (Å²) in [5.74, 6) is 0. The lowest BCUT2D eigenvalue weighted by molar-refractivity contribution is 1.66. The van der Waals surface area contributed by atoms with E-state index in [0.29, 0.717) is 6.05 Å². The van der Waals surface area contributed by atoms with Crippen LogP contribution >= 0.6 is 0 Å². The third-order valence-electron chi connectivity index (χ3n) is 1.01. The molecule has 0 spiro atoms. The van der Waals surface area contributed by atoms with E-state index >= 15 is 0 Å². The topological polar surface area (TPSA) is 0 Å². The molecule has 0 aliphatic rings. The lowest BCUT2D eigenvalue weighted by atomic mass is 10.2. The highest BCUT2D eigenvalue weighted by Gasteiger charge is 1.77. The number of hydrogen-bond acceptors (Lipinski definition) is 0. The highest BCUT2D eigenvalue weighted by molar-refractivity contribution is 5.47. The molecule has 0 aliphatic carbocycles. The molecule has 0 bridgehead atoms. The third kappa shape index (κ3) is 1.60. The van der Waals surface area contributed by atoms with E-state index in [2.05, 4.69) is 12.3 Å². The van der Waals surface area contributed by atoms with E-state index in [9.17, 15) is 0 Å². The molecule has 0 amide bonds. The van der Waals surface area contributed by atoms with Crippen molar-refractivity contribution >= 4 is 6.05 Å². The van der Waals surface area contributed by atoms with Crippen molar-refractivity contribution in [1.29, 1.82) is 0 Å². The molecule has 1 aromatic carbocycles. The lowest BCUT2D eigenvalue weighted by Gasteiger charge is -1.85. The van der Waals surface area contributed by atoms with Gasteiger partial charge in [0.2, 0.25) is 0 Å². The van der Waals surface area contributed by atoms with Crippen LogP contribution in [0.15, 0.2) is 42.6 Å². The van der Waals surface area contributed by atoms with Crippen molar-refractivity contribution in [2.24, 2.45) is 0 Å². The summed E-state index contributed by atoms with van der Waals surface area (Å²) in [4.78, 5) is 0. The fraction of sp³-hybridized carbons (Fsp3) is 0. The Labute approximate surface area is 56.6 Å². The van der Waals surface area contributed by atoms with Gasteiger partial charge in [0.15, 0.2) is 0 Å². The summed E-state index contributed by atoms with van der Waals surface area (Å²) < 4.78 is 7.30. The molecule has 0 unspecified atom stereocenters. The molecule has 1 rings (SSSR count). The van der Waals surface area contributed by atoms with Gasteiger partial charge in [0.25, 0.3) is 0 Å². The smallest absolute Gasteiger partial charge is 0.0720 e. The minimum Gasteiger partial charge on any atom is -0.128 e. The number of hydrogen-bond donors (Lipinski definition) is 0. The van der Waals surface area contributed by atoms with Crippen molar-refractivity contribution in [2.45, 2.75) is 0 Å². The minimum absolute atomic E-state index is 0.348. The monoisotopic (exact) mass is 117 g/mol. The second-order valence-corrected chi connectivity index (χ2v) is 1.67. The Kier molecular flexibility index (Phi) is 1.49. The van der Waals surface area contributed by atoms with Gasteiger partial charge in [-0.25, -0.2) is 0 Å². The van der Waals surface area contributed by atoms with E-state index in [4.69, 9.17) is 1.37 Å². The highest BCUT2D eigenvalue weighted by atomic mass is 13.8. The molecular formula is C9H8. The molecule has 0 aliphatic heterocycles. The first-order valence-corrected chi connectivity index (χ1v) is 2.76. The molecule has 0 nitrogen and oxygen atoms in total. The maximum atomic E-state index is 7.30. The summed E-state index contributed by atoms with van der Waals surface area (Å²) in [6.45, 7) is 3.39. The number of benzene rings is 1. The van der Waals surface area contributed by atoms with Crippen LogP contribution in [-0.4, -0.2) is 0 Å². The van der Waals surface area contributed by atoms with Gasteiger partial charge in [-0.3, -0.25) is 0 Å². The zero-order valence-corrected chi connectivity index (χ0v) is 5.09. The fourth-order valence-corrected chi connectivity index (χ4v) is 0.624. The van der Waals surface area contributed by atoms with Gasteiger partial charge in [-0.15, -0.1) is 5.73 Å². The average Bonchev–Trinajstić information content (AvgIpc) is 2.05. The molecule has 1 aromatic rings. The molecule has 44 valence electrons. The summed E-state index contributed by atoms with van der Waals surface area (Å²) in [7, 11) is 0. The Morgan fingerprint density at radius 1 is 1.44 bits per heavy atom. The zero-order valence-electron chi connectivity index (χ0n) is 6.09. The van der Waals surface area contributed by atoms with Gasteiger partial charge < -0.3 is 0 Å². The maximum absolute atomic E-state index is 7.30. The minimum atomic E-state index is 0.348. The maximum Gasteiger partial charge on any atom is 0.0720 e. The van der Waals surface area contributed by atoms with E-state index in [1.807, 2.05) is 30.3 Å². The summed E-state index contributed by atoms with van der Waals surface area (Å²) in [6, 6.07) is 9.77. The van der Waals surface area contributed by atoms with Gasteiger partial charge in [0, 0.05) is 0 Å². The van der Waals surface area contributed by atoms with E-state index in [0.717, 1.165) is 5.56 Å². The Bertz CT molecular complexity index is 255. The van der Waals surface area contributed by atoms with Gasteiger partial charge in [-0.2, -0.15) is 0 Å². The molecule has 9 heavy (non-hydrogen) atoms. The van der Waals surface area contributed by atoms with Gasteiger partial charge in [-0.1, -0.05) is 36.9 Å².